The quantitative estimate of drug-likeness (QED) is 0.738. The minimum absolute atomic E-state index is 0.0103. The number of likely N-dealkylation sites (tertiary alicyclic amines) is 1. The Bertz CT molecular complexity index is 1040. The van der Waals surface area contributed by atoms with Crippen LogP contribution in [0.4, 0.5) is 11.6 Å². The summed E-state index contributed by atoms with van der Waals surface area (Å²) in [6.45, 7) is 3.20. The van der Waals surface area contributed by atoms with Gasteiger partial charge in [-0.05, 0) is 30.7 Å². The van der Waals surface area contributed by atoms with Crippen LogP contribution < -0.4 is 5.32 Å². The number of hydrogen-bond donors (Lipinski definition) is 1. The number of ether oxygens (including phenoxy) is 1. The summed E-state index contributed by atoms with van der Waals surface area (Å²) >= 11 is 0. The van der Waals surface area contributed by atoms with E-state index in [0.717, 1.165) is 62.2 Å². The van der Waals surface area contributed by atoms with Crippen molar-refractivity contribution in [3.63, 3.8) is 0 Å². The second kappa shape index (κ2) is 7.11. The topological polar surface area (TPSA) is 85.2 Å². The van der Waals surface area contributed by atoms with Crippen LogP contribution in [0, 0.1) is 5.41 Å². The van der Waals surface area contributed by atoms with Crippen LogP contribution in [-0.4, -0.2) is 56.6 Å². The predicted octanol–water partition coefficient (Wildman–Crippen LogP) is 2.75. The minimum atomic E-state index is 0.0103. The number of carbonyl (C=O) groups is 1. The average Bonchev–Trinajstić information content (AvgIpc) is 3.30. The number of fused-ring (bicyclic) bond motifs is 1. The average molecular weight is 392 g/mol. The monoisotopic (exact) mass is 392 g/mol. The molecule has 0 aliphatic carbocycles. The van der Waals surface area contributed by atoms with E-state index in [1.165, 1.54) is 0 Å². The van der Waals surface area contributed by atoms with Crippen molar-refractivity contribution in [1.29, 1.82) is 0 Å². The van der Waals surface area contributed by atoms with Crippen LogP contribution in [0.5, 0.6) is 0 Å². The van der Waals surface area contributed by atoms with E-state index in [2.05, 4.69) is 20.3 Å². The molecule has 150 valence electrons. The van der Waals surface area contributed by atoms with E-state index in [9.17, 15) is 4.79 Å². The van der Waals surface area contributed by atoms with Gasteiger partial charge < -0.3 is 19.5 Å². The Hall–Kier alpha value is -3.00. The molecule has 2 saturated heterocycles. The third-order valence-corrected chi connectivity index (χ3v) is 6.22. The zero-order chi connectivity index (χ0) is 19.8. The summed E-state index contributed by atoms with van der Waals surface area (Å²) in [5.74, 6) is 0.476. The molecule has 0 saturated carbocycles. The number of carbonyl (C=O) groups excluding carboxylic acids is 1. The van der Waals surface area contributed by atoms with Gasteiger partial charge in [0.1, 0.15) is 0 Å². The summed E-state index contributed by atoms with van der Waals surface area (Å²) in [6, 6.07) is 1.95. The van der Waals surface area contributed by atoms with Gasteiger partial charge >= 0.3 is 0 Å². The fourth-order valence-corrected chi connectivity index (χ4v) is 4.45. The predicted molar refractivity (Wildman–Crippen MR) is 109 cm³/mol. The zero-order valence-electron chi connectivity index (χ0n) is 16.5. The number of nitrogens with one attached hydrogen (secondary N) is 1. The third-order valence-electron chi connectivity index (χ3n) is 6.22. The number of rotatable bonds is 3. The number of hydrogen-bond acceptors (Lipinski definition) is 6. The Labute approximate surface area is 168 Å². The summed E-state index contributed by atoms with van der Waals surface area (Å²) < 4.78 is 7.49. The number of aromatic nitrogens is 4. The lowest BCUT2D eigenvalue weighted by molar-refractivity contribution is 0.0191. The number of aryl methyl sites for hydroxylation is 1. The summed E-state index contributed by atoms with van der Waals surface area (Å²) in [4.78, 5) is 27.8. The fraction of sp³-hybridized carbons (Fsp3) is 0.429. The molecule has 5 heterocycles. The highest BCUT2D eigenvalue weighted by molar-refractivity contribution is 5.95. The third kappa shape index (κ3) is 3.33. The van der Waals surface area contributed by atoms with Gasteiger partial charge in [0.2, 0.25) is 5.95 Å². The molecule has 3 aromatic heterocycles. The Morgan fingerprint density at radius 2 is 1.97 bits per heavy atom. The highest BCUT2D eigenvalue weighted by Gasteiger charge is 2.41. The van der Waals surface area contributed by atoms with Gasteiger partial charge in [0.05, 0.1) is 23.0 Å². The molecule has 8 nitrogen and oxygen atoms in total. The number of anilines is 2. The van der Waals surface area contributed by atoms with Gasteiger partial charge in [0.25, 0.3) is 5.91 Å². The molecule has 0 radical (unpaired) electrons. The van der Waals surface area contributed by atoms with Crippen molar-refractivity contribution in [3.05, 3.63) is 42.6 Å². The number of amides is 1. The summed E-state index contributed by atoms with van der Waals surface area (Å²) in [7, 11) is 1.97. The van der Waals surface area contributed by atoms with E-state index in [4.69, 9.17) is 4.74 Å². The van der Waals surface area contributed by atoms with E-state index < -0.39 is 0 Å². The molecule has 0 atom stereocenters. The molecule has 1 spiro atoms. The molecule has 2 fully saturated rings. The molecule has 2 aliphatic heterocycles. The molecule has 3 aromatic rings. The van der Waals surface area contributed by atoms with E-state index in [-0.39, 0.29) is 11.3 Å². The molecule has 0 bridgehead atoms. The minimum Gasteiger partial charge on any atom is -0.381 e. The van der Waals surface area contributed by atoms with Crippen molar-refractivity contribution in [3.8, 4) is 0 Å². The van der Waals surface area contributed by atoms with Gasteiger partial charge in [-0.3, -0.25) is 9.78 Å². The fourth-order valence-electron chi connectivity index (χ4n) is 4.45. The molecular weight excluding hydrogens is 368 g/mol. The molecule has 29 heavy (non-hydrogen) atoms. The maximum Gasteiger partial charge on any atom is 0.257 e. The van der Waals surface area contributed by atoms with Gasteiger partial charge in [-0.15, -0.1) is 0 Å². The van der Waals surface area contributed by atoms with E-state index >= 15 is 0 Å². The van der Waals surface area contributed by atoms with Crippen molar-refractivity contribution in [2.45, 2.75) is 19.3 Å². The smallest absolute Gasteiger partial charge is 0.257 e. The summed E-state index contributed by atoms with van der Waals surface area (Å²) in [5, 5.41) is 4.29. The van der Waals surface area contributed by atoms with Crippen LogP contribution in [0.1, 0.15) is 29.6 Å². The van der Waals surface area contributed by atoms with Gasteiger partial charge in [0.15, 0.2) is 0 Å². The van der Waals surface area contributed by atoms with Gasteiger partial charge in [-0.25, -0.2) is 9.97 Å². The second-order valence-electron chi connectivity index (χ2n) is 8.06. The van der Waals surface area contributed by atoms with Crippen LogP contribution in [0.3, 0.4) is 0 Å². The van der Waals surface area contributed by atoms with Gasteiger partial charge in [-0.2, -0.15) is 0 Å². The Kier molecular flexibility index (Phi) is 4.43. The number of nitrogens with zero attached hydrogens (tertiary/aromatic N) is 5. The van der Waals surface area contributed by atoms with Crippen LogP contribution in [0.15, 0.2) is 37.1 Å². The molecule has 1 amide bonds. The zero-order valence-corrected chi connectivity index (χ0v) is 16.5. The lowest BCUT2D eigenvalue weighted by atomic mass is 9.80. The normalized spacial score (nSPS) is 18.4. The standard InChI is InChI=1S/C21H24N6O2/c1-26-13-17(16-2-6-22-12-18(16)26)25-20-23-10-15(11-24-20)19(28)27-7-3-21(14-27)4-8-29-9-5-21/h2,6,10-13H,3-5,7-9,14H2,1H3,(H,23,24,25). The van der Waals surface area contributed by atoms with Crippen molar-refractivity contribution >= 4 is 28.4 Å². The first-order valence-electron chi connectivity index (χ1n) is 9.99. The second-order valence-corrected chi connectivity index (χ2v) is 8.06. The Balaban J connectivity index is 1.29. The van der Waals surface area contributed by atoms with Crippen LogP contribution >= 0.6 is 0 Å². The largest absolute Gasteiger partial charge is 0.381 e. The Morgan fingerprint density at radius 1 is 1.17 bits per heavy atom. The van der Waals surface area contributed by atoms with Crippen LogP contribution in [0.25, 0.3) is 10.9 Å². The highest BCUT2D eigenvalue weighted by Crippen LogP contribution is 2.40. The molecule has 1 N–H and O–H groups in total. The first kappa shape index (κ1) is 18.1. The van der Waals surface area contributed by atoms with Crippen LogP contribution in [0.2, 0.25) is 0 Å². The molecule has 8 heteroatoms. The first-order chi connectivity index (χ1) is 14.1. The molecule has 0 unspecified atom stereocenters. The van der Waals surface area contributed by atoms with Crippen LogP contribution in [-0.2, 0) is 11.8 Å². The molecule has 5 rings (SSSR count). The highest BCUT2D eigenvalue weighted by atomic mass is 16.5. The van der Waals surface area contributed by atoms with E-state index in [1.54, 1.807) is 18.6 Å². The van der Waals surface area contributed by atoms with E-state index in [0.29, 0.717) is 11.5 Å². The molecule has 0 aromatic carbocycles. The maximum absolute atomic E-state index is 12.9. The first-order valence-corrected chi connectivity index (χ1v) is 9.99. The molecular formula is C21H24N6O2. The van der Waals surface area contributed by atoms with Gasteiger partial charge in [0, 0.05) is 63.5 Å². The molecule has 2 aliphatic rings. The maximum atomic E-state index is 12.9. The summed E-state index contributed by atoms with van der Waals surface area (Å²) in [5.41, 5.74) is 2.70. The lowest BCUT2D eigenvalue weighted by Crippen LogP contribution is -2.35. The SMILES string of the molecule is Cn1cc(Nc2ncc(C(=O)N3CCC4(CCOCC4)C3)cn2)c2ccncc21. The van der Waals surface area contributed by atoms with Crippen molar-refractivity contribution in [2.24, 2.45) is 12.5 Å². The lowest BCUT2D eigenvalue weighted by Gasteiger charge is -2.33. The summed E-state index contributed by atoms with van der Waals surface area (Å²) in [6.07, 6.45) is 11.9. The Morgan fingerprint density at radius 3 is 2.76 bits per heavy atom. The van der Waals surface area contributed by atoms with E-state index in [1.807, 2.05) is 35.0 Å². The van der Waals surface area contributed by atoms with Gasteiger partial charge in [-0.1, -0.05) is 0 Å². The number of pyridine rings is 1. The van der Waals surface area contributed by atoms with Crippen molar-refractivity contribution in [1.82, 2.24) is 24.4 Å². The van der Waals surface area contributed by atoms with Crippen molar-refractivity contribution < 1.29 is 9.53 Å². The van der Waals surface area contributed by atoms with Crippen molar-refractivity contribution in [2.75, 3.05) is 31.6 Å².